The quantitative estimate of drug-likeness (QED) is 0.450. The average molecular weight is 360 g/mol. The fraction of sp³-hybridized carbons (Fsp3) is 0.462. The maximum atomic E-state index is 13.1. The molecule has 1 heterocycles. The SMILES string of the molecule is CCOC(=O)c1c(C(F)(F)F)nc(C(F)F)c(C(=O)Cl)c1CC. The minimum atomic E-state index is -5.19. The van der Waals surface area contributed by atoms with E-state index in [1.54, 1.807) is 0 Å². The van der Waals surface area contributed by atoms with Crippen LogP contribution in [0.2, 0.25) is 0 Å². The molecule has 0 fully saturated rings. The van der Waals surface area contributed by atoms with Crippen LogP contribution >= 0.6 is 11.6 Å². The zero-order valence-electron chi connectivity index (χ0n) is 11.9. The van der Waals surface area contributed by atoms with Gasteiger partial charge in [0.15, 0.2) is 5.69 Å². The molecule has 0 aliphatic heterocycles. The fourth-order valence-electron chi connectivity index (χ4n) is 2.01. The van der Waals surface area contributed by atoms with Gasteiger partial charge in [-0.1, -0.05) is 6.92 Å². The zero-order valence-corrected chi connectivity index (χ0v) is 12.7. The Bertz CT molecular complexity index is 631. The lowest BCUT2D eigenvalue weighted by atomic mass is 9.96. The largest absolute Gasteiger partial charge is 0.462 e. The number of halogens is 6. The first-order valence-corrected chi connectivity index (χ1v) is 6.73. The molecule has 0 aliphatic carbocycles. The number of hydrogen-bond donors (Lipinski definition) is 0. The van der Waals surface area contributed by atoms with Crippen molar-refractivity contribution in [2.45, 2.75) is 32.9 Å². The molecule has 0 amide bonds. The normalized spacial score (nSPS) is 11.7. The van der Waals surface area contributed by atoms with Gasteiger partial charge in [-0.15, -0.1) is 0 Å². The van der Waals surface area contributed by atoms with E-state index >= 15 is 0 Å². The highest BCUT2D eigenvalue weighted by Gasteiger charge is 2.42. The summed E-state index contributed by atoms with van der Waals surface area (Å²) in [6.07, 6.45) is -8.99. The summed E-state index contributed by atoms with van der Waals surface area (Å²) in [6, 6.07) is 0. The predicted molar refractivity (Wildman–Crippen MR) is 69.7 cm³/mol. The van der Waals surface area contributed by atoms with Crippen LogP contribution in [0.3, 0.4) is 0 Å². The van der Waals surface area contributed by atoms with Gasteiger partial charge in [-0.2, -0.15) is 13.2 Å². The van der Waals surface area contributed by atoms with Gasteiger partial charge in [-0.3, -0.25) is 4.79 Å². The minimum absolute atomic E-state index is 0.250. The Hall–Kier alpha value is -1.77. The highest BCUT2D eigenvalue weighted by atomic mass is 35.5. The molecule has 128 valence electrons. The molecule has 1 rings (SSSR count). The van der Waals surface area contributed by atoms with Gasteiger partial charge in [-0.25, -0.2) is 18.6 Å². The molecule has 0 saturated heterocycles. The van der Waals surface area contributed by atoms with Gasteiger partial charge in [0.1, 0.15) is 5.69 Å². The van der Waals surface area contributed by atoms with Crippen LogP contribution < -0.4 is 0 Å². The second-order valence-corrected chi connectivity index (χ2v) is 4.56. The Labute approximate surface area is 132 Å². The van der Waals surface area contributed by atoms with Crippen molar-refractivity contribution in [3.05, 3.63) is 28.1 Å². The number of pyridine rings is 1. The van der Waals surface area contributed by atoms with E-state index in [4.69, 9.17) is 11.6 Å². The number of carbonyl (C=O) groups excluding carboxylic acids is 2. The summed E-state index contributed by atoms with van der Waals surface area (Å²) in [6.45, 7) is 2.39. The Balaban J connectivity index is 3.93. The van der Waals surface area contributed by atoms with Gasteiger partial charge in [0.05, 0.1) is 17.7 Å². The van der Waals surface area contributed by atoms with Crippen LogP contribution in [0.25, 0.3) is 0 Å². The third kappa shape index (κ3) is 3.95. The molecule has 0 atom stereocenters. The van der Waals surface area contributed by atoms with E-state index in [1.807, 2.05) is 0 Å². The van der Waals surface area contributed by atoms with Crippen LogP contribution in [0, 0.1) is 0 Å². The van der Waals surface area contributed by atoms with Gasteiger partial charge in [-0.05, 0) is 30.5 Å². The third-order valence-corrected chi connectivity index (χ3v) is 3.02. The number of hydrogen-bond acceptors (Lipinski definition) is 4. The molecule has 1 aromatic rings. The number of rotatable bonds is 5. The van der Waals surface area contributed by atoms with Gasteiger partial charge in [0, 0.05) is 0 Å². The molecule has 23 heavy (non-hydrogen) atoms. The number of aromatic nitrogens is 1. The number of alkyl halides is 5. The van der Waals surface area contributed by atoms with E-state index in [2.05, 4.69) is 9.72 Å². The fourth-order valence-corrected chi connectivity index (χ4v) is 2.22. The summed E-state index contributed by atoms with van der Waals surface area (Å²) < 4.78 is 69.8. The second-order valence-electron chi connectivity index (χ2n) is 4.22. The highest BCUT2D eigenvalue weighted by Crippen LogP contribution is 2.37. The molecule has 0 spiro atoms. The van der Waals surface area contributed by atoms with Gasteiger partial charge in [0.2, 0.25) is 0 Å². The van der Waals surface area contributed by atoms with Gasteiger partial charge >= 0.3 is 12.1 Å². The molecule has 10 heteroatoms. The van der Waals surface area contributed by atoms with Crippen LogP contribution in [0.5, 0.6) is 0 Å². The topological polar surface area (TPSA) is 56.3 Å². The first-order chi connectivity index (χ1) is 10.6. The molecule has 0 aromatic carbocycles. The third-order valence-electron chi connectivity index (χ3n) is 2.83. The molecule has 0 saturated carbocycles. The maximum absolute atomic E-state index is 13.1. The Morgan fingerprint density at radius 1 is 1.22 bits per heavy atom. The first-order valence-electron chi connectivity index (χ1n) is 6.35. The van der Waals surface area contributed by atoms with Crippen molar-refractivity contribution in [1.29, 1.82) is 0 Å². The molecular formula is C13H11ClF5NO3. The van der Waals surface area contributed by atoms with Gasteiger partial charge < -0.3 is 4.74 Å². The van der Waals surface area contributed by atoms with E-state index in [0.717, 1.165) is 0 Å². The number of nitrogens with zero attached hydrogens (tertiary/aromatic N) is 1. The van der Waals surface area contributed by atoms with Crippen LogP contribution in [0.1, 0.15) is 57.9 Å². The molecule has 0 unspecified atom stereocenters. The van der Waals surface area contributed by atoms with E-state index < -0.39 is 51.9 Å². The van der Waals surface area contributed by atoms with Crippen molar-refractivity contribution in [2.75, 3.05) is 6.61 Å². The van der Waals surface area contributed by atoms with Crippen molar-refractivity contribution in [3.63, 3.8) is 0 Å². The summed E-state index contributed by atoms with van der Waals surface area (Å²) in [5.41, 5.74) is -5.79. The van der Waals surface area contributed by atoms with Crippen LogP contribution in [0.15, 0.2) is 0 Å². The summed E-state index contributed by atoms with van der Waals surface area (Å²) in [7, 11) is 0. The molecule has 1 aromatic heterocycles. The standard InChI is InChI=1S/C13H11ClF5NO3/c1-3-5-6(10(14)21)8(11(15)16)20-9(13(17,18)19)7(5)12(22)23-4-2/h11H,3-4H2,1-2H3. The first kappa shape index (κ1) is 19.3. The molecular weight excluding hydrogens is 349 g/mol. The smallest absolute Gasteiger partial charge is 0.434 e. The molecule has 4 nitrogen and oxygen atoms in total. The summed E-state index contributed by atoms with van der Waals surface area (Å²) in [4.78, 5) is 26.0. The molecule has 0 bridgehead atoms. The number of carbonyl (C=O) groups is 2. The second kappa shape index (κ2) is 7.20. The lowest BCUT2D eigenvalue weighted by Gasteiger charge is -2.19. The van der Waals surface area contributed by atoms with E-state index in [9.17, 15) is 31.5 Å². The van der Waals surface area contributed by atoms with E-state index in [-0.39, 0.29) is 13.0 Å². The Morgan fingerprint density at radius 3 is 2.13 bits per heavy atom. The monoisotopic (exact) mass is 359 g/mol. The summed E-state index contributed by atoms with van der Waals surface area (Å²) in [5.74, 6) is -1.41. The molecule has 0 N–H and O–H groups in total. The minimum Gasteiger partial charge on any atom is -0.462 e. The predicted octanol–water partition coefficient (Wildman–Crippen LogP) is 4.16. The number of esters is 1. The van der Waals surface area contributed by atoms with Crippen LogP contribution in [-0.2, 0) is 17.3 Å². The zero-order chi connectivity index (χ0) is 17.9. The van der Waals surface area contributed by atoms with Crippen molar-refractivity contribution in [3.8, 4) is 0 Å². The van der Waals surface area contributed by atoms with E-state index in [0.29, 0.717) is 0 Å². The van der Waals surface area contributed by atoms with Crippen molar-refractivity contribution in [1.82, 2.24) is 4.98 Å². The van der Waals surface area contributed by atoms with Crippen LogP contribution in [-0.4, -0.2) is 22.8 Å². The summed E-state index contributed by atoms with van der Waals surface area (Å²) >= 11 is 5.21. The maximum Gasteiger partial charge on any atom is 0.434 e. The van der Waals surface area contributed by atoms with Crippen LogP contribution in [0.4, 0.5) is 22.0 Å². The summed E-state index contributed by atoms with van der Waals surface area (Å²) in [5, 5.41) is -1.43. The molecule has 0 radical (unpaired) electrons. The van der Waals surface area contributed by atoms with Crippen molar-refractivity contribution < 1.29 is 36.3 Å². The Morgan fingerprint density at radius 2 is 1.78 bits per heavy atom. The lowest BCUT2D eigenvalue weighted by Crippen LogP contribution is -2.23. The van der Waals surface area contributed by atoms with Gasteiger partial charge in [0.25, 0.3) is 11.7 Å². The average Bonchev–Trinajstić information content (AvgIpc) is 2.43. The van der Waals surface area contributed by atoms with Crippen molar-refractivity contribution >= 4 is 22.8 Å². The molecule has 0 aliphatic rings. The van der Waals surface area contributed by atoms with E-state index in [1.165, 1.54) is 13.8 Å². The van der Waals surface area contributed by atoms with Crippen molar-refractivity contribution in [2.24, 2.45) is 0 Å². The Kier molecular flexibility index (Phi) is 6.04. The lowest BCUT2D eigenvalue weighted by molar-refractivity contribution is -0.142. The highest BCUT2D eigenvalue weighted by molar-refractivity contribution is 6.68. The number of ether oxygens (including phenoxy) is 1.